The third kappa shape index (κ3) is 1.78. The minimum absolute atomic E-state index is 0.612. The van der Waals surface area contributed by atoms with E-state index in [2.05, 4.69) is 10.9 Å². The van der Waals surface area contributed by atoms with Crippen LogP contribution in [0.25, 0.3) is 11.3 Å². The Labute approximate surface area is 86.5 Å². The van der Waals surface area contributed by atoms with E-state index in [1.165, 1.54) is 0 Å². The Kier molecular flexibility index (Phi) is 2.52. The van der Waals surface area contributed by atoms with E-state index < -0.39 is 0 Å². The molecule has 0 bridgehead atoms. The Balaban J connectivity index is 2.34. The Hall–Kier alpha value is -1.32. The maximum absolute atomic E-state index is 5.78. The van der Waals surface area contributed by atoms with Crippen molar-refractivity contribution in [3.63, 3.8) is 0 Å². The number of quaternary nitrogens is 1. The molecular formula is C10H10ClN2O+. The fraction of sp³-hybridized carbons (Fsp3) is 0.100. The van der Waals surface area contributed by atoms with Gasteiger partial charge in [-0.05, 0) is 12.1 Å². The standard InChI is InChI=1S/C10H9ClN2O/c11-8-3-1-7(2-4-8)10-5-9(6-12)14-13-10/h1-5H,6,12H2/p+1. The first kappa shape index (κ1) is 9.24. The van der Waals surface area contributed by atoms with Gasteiger partial charge in [0, 0.05) is 16.7 Å². The molecule has 0 spiro atoms. The summed E-state index contributed by atoms with van der Waals surface area (Å²) in [5, 5.41) is 4.65. The van der Waals surface area contributed by atoms with Crippen LogP contribution in [0.4, 0.5) is 0 Å². The van der Waals surface area contributed by atoms with Crippen molar-refractivity contribution in [2.75, 3.05) is 0 Å². The summed E-state index contributed by atoms with van der Waals surface area (Å²) in [6, 6.07) is 9.36. The lowest BCUT2D eigenvalue weighted by molar-refractivity contribution is -0.390. The lowest BCUT2D eigenvalue weighted by Gasteiger charge is -1.93. The molecule has 0 saturated carbocycles. The first-order valence-electron chi connectivity index (χ1n) is 4.30. The summed E-state index contributed by atoms with van der Waals surface area (Å²) in [6.45, 7) is 0.612. The van der Waals surface area contributed by atoms with Gasteiger partial charge in [-0.15, -0.1) is 0 Å². The highest BCUT2D eigenvalue weighted by Crippen LogP contribution is 2.20. The van der Waals surface area contributed by atoms with E-state index in [9.17, 15) is 0 Å². The van der Waals surface area contributed by atoms with Crippen molar-refractivity contribution in [3.8, 4) is 11.3 Å². The Morgan fingerprint density at radius 2 is 2.00 bits per heavy atom. The van der Waals surface area contributed by atoms with Gasteiger partial charge >= 0.3 is 0 Å². The van der Waals surface area contributed by atoms with E-state index in [0.29, 0.717) is 6.54 Å². The number of benzene rings is 1. The molecule has 2 aromatic rings. The number of hydrogen-bond donors (Lipinski definition) is 1. The molecule has 3 N–H and O–H groups in total. The maximum Gasteiger partial charge on any atom is 0.191 e. The van der Waals surface area contributed by atoms with Crippen molar-refractivity contribution in [2.24, 2.45) is 0 Å². The summed E-state index contributed by atoms with van der Waals surface area (Å²) in [4.78, 5) is 0. The number of halogens is 1. The van der Waals surface area contributed by atoms with Crippen LogP contribution in [0.15, 0.2) is 34.9 Å². The predicted octanol–water partition coefficient (Wildman–Crippen LogP) is 1.74. The lowest BCUT2D eigenvalue weighted by atomic mass is 10.1. The van der Waals surface area contributed by atoms with Crippen LogP contribution in [0.1, 0.15) is 5.76 Å². The average molecular weight is 210 g/mol. The Morgan fingerprint density at radius 3 is 2.57 bits per heavy atom. The molecule has 0 unspecified atom stereocenters. The number of rotatable bonds is 2. The van der Waals surface area contributed by atoms with E-state index in [1.807, 2.05) is 30.3 Å². The summed E-state index contributed by atoms with van der Waals surface area (Å²) in [6.07, 6.45) is 0. The van der Waals surface area contributed by atoms with Crippen LogP contribution in [-0.2, 0) is 6.54 Å². The summed E-state index contributed by atoms with van der Waals surface area (Å²) in [5.74, 6) is 0.787. The number of nitrogens with zero attached hydrogens (tertiary/aromatic N) is 1. The minimum atomic E-state index is 0.612. The van der Waals surface area contributed by atoms with Crippen molar-refractivity contribution in [1.29, 1.82) is 0 Å². The van der Waals surface area contributed by atoms with Crippen LogP contribution in [0, 0.1) is 0 Å². The van der Waals surface area contributed by atoms with Crippen LogP contribution in [0.2, 0.25) is 5.02 Å². The van der Waals surface area contributed by atoms with E-state index in [1.54, 1.807) is 0 Å². The van der Waals surface area contributed by atoms with E-state index >= 15 is 0 Å². The molecule has 0 atom stereocenters. The van der Waals surface area contributed by atoms with Gasteiger partial charge in [-0.3, -0.25) is 0 Å². The second-order valence-electron chi connectivity index (χ2n) is 2.94. The molecule has 0 radical (unpaired) electrons. The molecule has 4 heteroatoms. The first-order chi connectivity index (χ1) is 6.79. The summed E-state index contributed by atoms with van der Waals surface area (Å²) >= 11 is 5.78. The fourth-order valence-corrected chi connectivity index (χ4v) is 1.31. The fourth-order valence-electron chi connectivity index (χ4n) is 1.19. The van der Waals surface area contributed by atoms with E-state index in [0.717, 1.165) is 22.0 Å². The van der Waals surface area contributed by atoms with Gasteiger partial charge in [-0.25, -0.2) is 0 Å². The predicted molar refractivity (Wildman–Crippen MR) is 53.5 cm³/mol. The zero-order chi connectivity index (χ0) is 9.97. The van der Waals surface area contributed by atoms with Gasteiger partial charge in [-0.1, -0.05) is 28.9 Å². The molecule has 2 rings (SSSR count). The average Bonchev–Trinajstić information content (AvgIpc) is 2.67. The number of aromatic nitrogens is 1. The van der Waals surface area contributed by atoms with Gasteiger partial charge in [0.15, 0.2) is 5.76 Å². The molecule has 1 aromatic heterocycles. The van der Waals surface area contributed by atoms with Gasteiger partial charge in [0.2, 0.25) is 0 Å². The largest absolute Gasteiger partial charge is 0.355 e. The molecule has 0 aliphatic rings. The van der Waals surface area contributed by atoms with Crippen LogP contribution < -0.4 is 5.73 Å². The SMILES string of the molecule is [NH3+]Cc1cc(-c2ccc(Cl)cc2)no1. The van der Waals surface area contributed by atoms with Crippen molar-refractivity contribution in [1.82, 2.24) is 5.16 Å². The summed E-state index contributed by atoms with van der Waals surface area (Å²) in [7, 11) is 0. The van der Waals surface area contributed by atoms with Gasteiger partial charge < -0.3 is 10.3 Å². The second-order valence-corrected chi connectivity index (χ2v) is 3.37. The van der Waals surface area contributed by atoms with E-state index in [-0.39, 0.29) is 0 Å². The number of hydrogen-bond acceptors (Lipinski definition) is 2. The molecule has 0 aliphatic heterocycles. The molecule has 3 nitrogen and oxygen atoms in total. The second kappa shape index (κ2) is 3.82. The van der Waals surface area contributed by atoms with Crippen LogP contribution in [-0.4, -0.2) is 5.16 Å². The summed E-state index contributed by atoms with van der Waals surface area (Å²) in [5.41, 5.74) is 5.54. The highest BCUT2D eigenvalue weighted by atomic mass is 35.5. The van der Waals surface area contributed by atoms with E-state index in [4.69, 9.17) is 16.1 Å². The van der Waals surface area contributed by atoms with Crippen molar-refractivity contribution in [3.05, 3.63) is 41.1 Å². The third-order valence-corrected chi connectivity index (χ3v) is 2.20. The molecular weight excluding hydrogens is 200 g/mol. The van der Waals surface area contributed by atoms with Gasteiger partial charge in [0.1, 0.15) is 12.2 Å². The van der Waals surface area contributed by atoms with Crippen LogP contribution in [0.3, 0.4) is 0 Å². The van der Waals surface area contributed by atoms with Crippen molar-refractivity contribution in [2.45, 2.75) is 6.54 Å². The molecule has 1 heterocycles. The molecule has 0 aliphatic carbocycles. The molecule has 72 valence electrons. The smallest absolute Gasteiger partial charge is 0.191 e. The minimum Gasteiger partial charge on any atom is -0.355 e. The highest BCUT2D eigenvalue weighted by molar-refractivity contribution is 6.30. The molecule has 0 fully saturated rings. The zero-order valence-electron chi connectivity index (χ0n) is 7.53. The van der Waals surface area contributed by atoms with Crippen LogP contribution >= 0.6 is 11.6 Å². The topological polar surface area (TPSA) is 53.7 Å². The molecule has 14 heavy (non-hydrogen) atoms. The van der Waals surface area contributed by atoms with Gasteiger partial charge in [0.05, 0.1) is 0 Å². The Bertz CT molecular complexity index is 422. The Morgan fingerprint density at radius 1 is 1.29 bits per heavy atom. The van der Waals surface area contributed by atoms with Crippen molar-refractivity contribution >= 4 is 11.6 Å². The van der Waals surface area contributed by atoms with Gasteiger partial charge in [-0.2, -0.15) is 0 Å². The lowest BCUT2D eigenvalue weighted by Crippen LogP contribution is -2.47. The summed E-state index contributed by atoms with van der Waals surface area (Å²) < 4.78 is 5.05. The zero-order valence-corrected chi connectivity index (χ0v) is 8.29. The molecule has 1 aromatic carbocycles. The molecule has 0 saturated heterocycles. The highest BCUT2D eigenvalue weighted by Gasteiger charge is 2.05. The van der Waals surface area contributed by atoms with Crippen molar-refractivity contribution < 1.29 is 10.3 Å². The molecule has 0 amide bonds. The van der Waals surface area contributed by atoms with Crippen LogP contribution in [0.5, 0.6) is 0 Å². The van der Waals surface area contributed by atoms with Gasteiger partial charge in [0.25, 0.3) is 0 Å². The first-order valence-corrected chi connectivity index (χ1v) is 4.68. The monoisotopic (exact) mass is 209 g/mol. The normalized spacial score (nSPS) is 10.4. The third-order valence-electron chi connectivity index (χ3n) is 1.95. The maximum atomic E-state index is 5.78. The quantitative estimate of drug-likeness (QED) is 0.819.